The fraction of sp³-hybridized carbons (Fsp3) is 0.217. The summed E-state index contributed by atoms with van der Waals surface area (Å²) in [7, 11) is 0. The van der Waals surface area contributed by atoms with Crippen LogP contribution in [-0.4, -0.2) is 31.3 Å². The predicted octanol–water partition coefficient (Wildman–Crippen LogP) is 4.07. The van der Waals surface area contributed by atoms with Crippen molar-refractivity contribution in [3.8, 4) is 17.3 Å². The fourth-order valence-corrected chi connectivity index (χ4v) is 3.23. The summed E-state index contributed by atoms with van der Waals surface area (Å²) in [5.74, 6) is 0. The van der Waals surface area contributed by atoms with Gasteiger partial charge >= 0.3 is 0 Å². The summed E-state index contributed by atoms with van der Waals surface area (Å²) in [4.78, 5) is 6.90. The summed E-state index contributed by atoms with van der Waals surface area (Å²) in [5, 5.41) is 12.3. The monoisotopic (exact) mass is 370 g/mol. The Bertz CT molecular complexity index is 938. The minimum absolute atomic E-state index is 0.657. The highest BCUT2D eigenvalue weighted by molar-refractivity contribution is 5.60. The van der Waals surface area contributed by atoms with Crippen LogP contribution >= 0.6 is 0 Å². The first-order valence-corrected chi connectivity index (χ1v) is 9.44. The zero-order valence-corrected chi connectivity index (χ0v) is 15.6. The van der Waals surface area contributed by atoms with E-state index < -0.39 is 0 Å². The van der Waals surface area contributed by atoms with Crippen LogP contribution in [0.15, 0.2) is 66.9 Å². The van der Waals surface area contributed by atoms with Gasteiger partial charge in [-0.3, -0.25) is 4.98 Å². The Hall–Kier alpha value is -3.36. The highest BCUT2D eigenvalue weighted by atomic mass is 16.5. The number of hydrogen-bond acceptors (Lipinski definition) is 5. The number of hydrogen-bond donors (Lipinski definition) is 1. The van der Waals surface area contributed by atoms with E-state index in [1.54, 1.807) is 0 Å². The summed E-state index contributed by atoms with van der Waals surface area (Å²) in [6.07, 6.45) is 1.89. The summed E-state index contributed by atoms with van der Waals surface area (Å²) in [6, 6.07) is 22.2. The molecular weight excluding hydrogens is 348 g/mol. The quantitative estimate of drug-likeness (QED) is 0.734. The van der Waals surface area contributed by atoms with Gasteiger partial charge in [0.2, 0.25) is 0 Å². The molecule has 1 aliphatic rings. The van der Waals surface area contributed by atoms with Gasteiger partial charge in [-0.1, -0.05) is 18.2 Å². The number of pyridine rings is 1. The van der Waals surface area contributed by atoms with Gasteiger partial charge in [0.05, 0.1) is 30.5 Å². The van der Waals surface area contributed by atoms with E-state index in [1.165, 1.54) is 5.69 Å². The number of nitriles is 1. The van der Waals surface area contributed by atoms with E-state index in [4.69, 9.17) is 10.00 Å². The Morgan fingerprint density at radius 1 is 0.964 bits per heavy atom. The lowest BCUT2D eigenvalue weighted by Gasteiger charge is -2.28. The van der Waals surface area contributed by atoms with Gasteiger partial charge < -0.3 is 15.0 Å². The largest absolute Gasteiger partial charge is 0.381 e. The first-order valence-electron chi connectivity index (χ1n) is 9.44. The molecule has 0 aliphatic carbocycles. The Balaban J connectivity index is 1.35. The van der Waals surface area contributed by atoms with Gasteiger partial charge in [0, 0.05) is 42.8 Å². The molecule has 1 saturated heterocycles. The molecule has 3 aromatic rings. The van der Waals surface area contributed by atoms with Crippen LogP contribution in [0.1, 0.15) is 11.1 Å². The predicted molar refractivity (Wildman–Crippen MR) is 111 cm³/mol. The fourth-order valence-electron chi connectivity index (χ4n) is 3.23. The minimum atomic E-state index is 0.657. The van der Waals surface area contributed by atoms with Crippen LogP contribution in [-0.2, 0) is 11.3 Å². The molecule has 0 spiro atoms. The molecule has 1 aliphatic heterocycles. The maximum absolute atomic E-state index is 8.89. The molecular formula is C23H22N4O. The zero-order chi connectivity index (χ0) is 19.2. The molecule has 0 radical (unpaired) electrons. The van der Waals surface area contributed by atoms with Crippen LogP contribution in [0.3, 0.4) is 0 Å². The molecule has 4 rings (SSSR count). The van der Waals surface area contributed by atoms with E-state index in [-0.39, 0.29) is 0 Å². The number of aromatic nitrogens is 1. The third-order valence-corrected chi connectivity index (χ3v) is 4.87. The SMILES string of the molecule is N#Cc1ccc(-c2ccc(CNc3ccc(N4CCOCC4)cc3)cn2)cc1. The van der Waals surface area contributed by atoms with E-state index in [0.717, 1.165) is 55.4 Å². The molecule has 2 aromatic carbocycles. The molecule has 1 fully saturated rings. The average Bonchev–Trinajstić information content (AvgIpc) is 2.79. The highest BCUT2D eigenvalue weighted by Gasteiger charge is 2.10. The Kier molecular flexibility index (Phi) is 5.51. The van der Waals surface area contributed by atoms with Crippen molar-refractivity contribution >= 4 is 11.4 Å². The van der Waals surface area contributed by atoms with Crippen molar-refractivity contribution in [3.63, 3.8) is 0 Å². The molecule has 0 amide bonds. The summed E-state index contributed by atoms with van der Waals surface area (Å²) < 4.78 is 5.41. The third kappa shape index (κ3) is 4.30. The van der Waals surface area contributed by atoms with E-state index in [2.05, 4.69) is 51.6 Å². The number of anilines is 2. The van der Waals surface area contributed by atoms with Gasteiger partial charge in [0.1, 0.15) is 0 Å². The average molecular weight is 370 g/mol. The third-order valence-electron chi connectivity index (χ3n) is 4.87. The molecule has 140 valence electrons. The van der Waals surface area contributed by atoms with Gasteiger partial charge in [-0.25, -0.2) is 0 Å². The molecule has 0 unspecified atom stereocenters. The van der Waals surface area contributed by atoms with E-state index in [9.17, 15) is 0 Å². The Labute approximate surface area is 165 Å². The van der Waals surface area contributed by atoms with Crippen LogP contribution in [0, 0.1) is 11.3 Å². The van der Waals surface area contributed by atoms with Crippen LogP contribution in [0.4, 0.5) is 11.4 Å². The lowest BCUT2D eigenvalue weighted by molar-refractivity contribution is 0.122. The molecule has 2 heterocycles. The maximum Gasteiger partial charge on any atom is 0.0991 e. The Morgan fingerprint density at radius 3 is 2.36 bits per heavy atom. The molecule has 5 heteroatoms. The van der Waals surface area contributed by atoms with Crippen molar-refractivity contribution in [2.75, 3.05) is 36.5 Å². The standard InChI is InChI=1S/C23H22N4O/c24-15-18-1-4-20(5-2-18)23-10-3-19(17-26-23)16-25-21-6-8-22(9-7-21)27-11-13-28-14-12-27/h1-10,17,25H,11-14,16H2. The second kappa shape index (κ2) is 8.55. The van der Waals surface area contributed by atoms with Crippen LogP contribution in [0.2, 0.25) is 0 Å². The van der Waals surface area contributed by atoms with Crippen molar-refractivity contribution in [1.29, 1.82) is 5.26 Å². The van der Waals surface area contributed by atoms with Crippen LogP contribution in [0.25, 0.3) is 11.3 Å². The minimum Gasteiger partial charge on any atom is -0.381 e. The first-order chi connectivity index (χ1) is 13.8. The van der Waals surface area contributed by atoms with Crippen molar-refractivity contribution in [2.45, 2.75) is 6.54 Å². The summed E-state index contributed by atoms with van der Waals surface area (Å²) >= 11 is 0. The second-order valence-electron chi connectivity index (χ2n) is 6.74. The van der Waals surface area contributed by atoms with E-state index in [0.29, 0.717) is 5.56 Å². The van der Waals surface area contributed by atoms with Crippen molar-refractivity contribution in [3.05, 3.63) is 78.0 Å². The number of morpholine rings is 1. The number of nitrogens with one attached hydrogen (secondary N) is 1. The number of rotatable bonds is 5. The van der Waals surface area contributed by atoms with Crippen LogP contribution in [0.5, 0.6) is 0 Å². The van der Waals surface area contributed by atoms with Crippen molar-refractivity contribution in [2.24, 2.45) is 0 Å². The van der Waals surface area contributed by atoms with Gasteiger partial charge in [0.15, 0.2) is 0 Å². The van der Waals surface area contributed by atoms with Gasteiger partial charge in [0.25, 0.3) is 0 Å². The highest BCUT2D eigenvalue weighted by Crippen LogP contribution is 2.20. The van der Waals surface area contributed by atoms with Crippen molar-refractivity contribution < 1.29 is 4.74 Å². The normalized spacial score (nSPS) is 13.8. The lowest BCUT2D eigenvalue weighted by atomic mass is 10.1. The van der Waals surface area contributed by atoms with Crippen LogP contribution < -0.4 is 10.2 Å². The van der Waals surface area contributed by atoms with E-state index >= 15 is 0 Å². The van der Waals surface area contributed by atoms with Gasteiger partial charge in [-0.05, 0) is 48.0 Å². The van der Waals surface area contributed by atoms with Crippen molar-refractivity contribution in [1.82, 2.24) is 4.98 Å². The smallest absolute Gasteiger partial charge is 0.0991 e. The molecule has 0 saturated carbocycles. The van der Waals surface area contributed by atoms with Gasteiger partial charge in [-0.15, -0.1) is 0 Å². The Morgan fingerprint density at radius 2 is 1.71 bits per heavy atom. The molecule has 1 aromatic heterocycles. The maximum atomic E-state index is 8.89. The van der Waals surface area contributed by atoms with Gasteiger partial charge in [-0.2, -0.15) is 5.26 Å². The molecule has 0 atom stereocenters. The van der Waals surface area contributed by atoms with E-state index in [1.807, 2.05) is 36.5 Å². The molecule has 5 nitrogen and oxygen atoms in total. The molecule has 0 bridgehead atoms. The first kappa shape index (κ1) is 18.0. The lowest BCUT2D eigenvalue weighted by Crippen LogP contribution is -2.36. The number of ether oxygens (including phenoxy) is 1. The molecule has 1 N–H and O–H groups in total. The second-order valence-corrected chi connectivity index (χ2v) is 6.74. The zero-order valence-electron chi connectivity index (χ0n) is 15.6. The topological polar surface area (TPSA) is 61.2 Å². The summed E-state index contributed by atoms with van der Waals surface area (Å²) in [6.45, 7) is 4.21. The summed E-state index contributed by atoms with van der Waals surface area (Å²) in [5.41, 5.74) is 6.02. The number of benzene rings is 2. The number of nitrogens with zero attached hydrogens (tertiary/aromatic N) is 3. The molecule has 28 heavy (non-hydrogen) atoms.